The summed E-state index contributed by atoms with van der Waals surface area (Å²) in [5, 5.41) is 5.52. The molecule has 0 aliphatic heterocycles. The minimum atomic E-state index is -0.424. The topological polar surface area (TPSA) is 17.8 Å². The van der Waals surface area contributed by atoms with Crippen molar-refractivity contribution in [3.05, 3.63) is 59.5 Å². The maximum atomic E-state index is 13.1. The van der Waals surface area contributed by atoms with E-state index in [-0.39, 0.29) is 5.02 Å². The van der Waals surface area contributed by atoms with Crippen molar-refractivity contribution in [2.45, 2.75) is 0 Å². The summed E-state index contributed by atoms with van der Waals surface area (Å²) in [5.74, 6) is -0.424. The molecule has 2 nitrogen and oxygen atoms in total. The maximum Gasteiger partial charge on any atom is 0.141 e. The maximum absolute atomic E-state index is 13.1. The van der Waals surface area contributed by atoms with Gasteiger partial charge in [0.15, 0.2) is 0 Å². The molecule has 0 spiro atoms. The zero-order valence-corrected chi connectivity index (χ0v) is 9.53. The largest absolute Gasteiger partial charge is 0.240 e. The summed E-state index contributed by atoms with van der Waals surface area (Å²) in [6, 6.07) is 12.3. The van der Waals surface area contributed by atoms with Crippen LogP contribution in [0.3, 0.4) is 0 Å². The third-order valence-corrected chi connectivity index (χ3v) is 2.87. The molecule has 84 valence electrons. The lowest BCUT2D eigenvalue weighted by Crippen LogP contribution is -1.94. The van der Waals surface area contributed by atoms with Crippen LogP contribution >= 0.6 is 11.6 Å². The first-order valence-corrected chi connectivity index (χ1v) is 5.52. The molecule has 0 bridgehead atoms. The van der Waals surface area contributed by atoms with Gasteiger partial charge in [-0.15, -0.1) is 0 Å². The van der Waals surface area contributed by atoms with Crippen molar-refractivity contribution < 1.29 is 4.39 Å². The molecule has 1 heterocycles. The first-order valence-electron chi connectivity index (χ1n) is 5.14. The summed E-state index contributed by atoms with van der Waals surface area (Å²) in [7, 11) is 0. The highest BCUT2D eigenvalue weighted by atomic mass is 35.5. The highest BCUT2D eigenvalue weighted by Gasteiger charge is 2.05. The van der Waals surface area contributed by atoms with Gasteiger partial charge >= 0.3 is 0 Å². The average molecular weight is 247 g/mol. The molecule has 0 N–H and O–H groups in total. The highest BCUT2D eigenvalue weighted by molar-refractivity contribution is 6.30. The predicted octanol–water partition coefficient (Wildman–Crippen LogP) is 3.82. The summed E-state index contributed by atoms with van der Waals surface area (Å²) in [6.45, 7) is 0. The van der Waals surface area contributed by atoms with Crippen LogP contribution in [0, 0.1) is 5.82 Å². The Morgan fingerprint density at radius 1 is 1.12 bits per heavy atom. The molecule has 0 radical (unpaired) electrons. The van der Waals surface area contributed by atoms with Gasteiger partial charge in [0.05, 0.1) is 16.2 Å². The van der Waals surface area contributed by atoms with E-state index in [2.05, 4.69) is 5.10 Å². The minimum absolute atomic E-state index is 0.0991. The molecular weight excluding hydrogens is 239 g/mol. The van der Waals surface area contributed by atoms with Gasteiger partial charge in [0.2, 0.25) is 0 Å². The Labute approximate surface area is 102 Å². The van der Waals surface area contributed by atoms with Gasteiger partial charge in [-0.1, -0.05) is 29.8 Å². The molecule has 2 aromatic carbocycles. The fourth-order valence-electron chi connectivity index (χ4n) is 1.72. The van der Waals surface area contributed by atoms with Crippen molar-refractivity contribution in [1.29, 1.82) is 0 Å². The summed E-state index contributed by atoms with van der Waals surface area (Å²) in [5.41, 5.74) is 1.64. The number of hydrogen-bond acceptors (Lipinski definition) is 1. The van der Waals surface area contributed by atoms with Crippen LogP contribution in [0.15, 0.2) is 48.7 Å². The number of rotatable bonds is 1. The lowest BCUT2D eigenvalue weighted by atomic mass is 10.3. The molecule has 0 saturated heterocycles. The first kappa shape index (κ1) is 10.3. The molecule has 0 amide bonds. The molecular formula is C13H8ClFN2. The summed E-state index contributed by atoms with van der Waals surface area (Å²) >= 11 is 5.75. The normalized spacial score (nSPS) is 10.9. The molecule has 0 aliphatic rings. The zero-order chi connectivity index (χ0) is 11.8. The van der Waals surface area contributed by atoms with E-state index in [0.717, 1.165) is 16.6 Å². The number of nitrogens with zero attached hydrogens (tertiary/aromatic N) is 2. The van der Waals surface area contributed by atoms with Gasteiger partial charge in [0, 0.05) is 11.6 Å². The Kier molecular flexibility index (Phi) is 2.34. The van der Waals surface area contributed by atoms with Crippen molar-refractivity contribution in [3.8, 4) is 5.69 Å². The first-order chi connectivity index (χ1) is 8.24. The van der Waals surface area contributed by atoms with Gasteiger partial charge < -0.3 is 0 Å². The Morgan fingerprint density at radius 2 is 1.94 bits per heavy atom. The van der Waals surface area contributed by atoms with Crippen LogP contribution in [-0.2, 0) is 0 Å². The smallest absolute Gasteiger partial charge is 0.141 e. The molecule has 0 unspecified atom stereocenters. The van der Waals surface area contributed by atoms with Crippen molar-refractivity contribution >= 4 is 22.5 Å². The average Bonchev–Trinajstić information content (AvgIpc) is 2.76. The molecule has 0 fully saturated rings. The Hall–Kier alpha value is -1.87. The van der Waals surface area contributed by atoms with E-state index in [1.165, 1.54) is 6.07 Å². The number of halogens is 2. The number of fused-ring (bicyclic) bond motifs is 1. The molecule has 17 heavy (non-hydrogen) atoms. The van der Waals surface area contributed by atoms with Gasteiger partial charge in [-0.2, -0.15) is 5.10 Å². The van der Waals surface area contributed by atoms with E-state index in [4.69, 9.17) is 11.6 Å². The second kappa shape index (κ2) is 3.86. The second-order valence-electron chi connectivity index (χ2n) is 3.73. The van der Waals surface area contributed by atoms with Gasteiger partial charge in [0.1, 0.15) is 5.82 Å². The van der Waals surface area contributed by atoms with Crippen LogP contribution < -0.4 is 0 Å². The van der Waals surface area contributed by atoms with Crippen LogP contribution in [-0.4, -0.2) is 9.78 Å². The Balaban J connectivity index is 2.17. The number of benzene rings is 2. The second-order valence-corrected chi connectivity index (χ2v) is 4.14. The van der Waals surface area contributed by atoms with E-state index < -0.39 is 5.82 Å². The van der Waals surface area contributed by atoms with Gasteiger partial charge in [-0.25, -0.2) is 9.07 Å². The zero-order valence-electron chi connectivity index (χ0n) is 8.77. The molecule has 0 saturated carbocycles. The molecule has 1 aromatic heterocycles. The molecule has 3 aromatic rings. The molecule has 0 aliphatic carbocycles. The molecule has 4 heteroatoms. The fourth-order valence-corrected chi connectivity index (χ4v) is 1.90. The Bertz CT molecular complexity index is 658. The van der Waals surface area contributed by atoms with E-state index in [1.54, 1.807) is 16.8 Å². The molecule has 0 atom stereocenters. The summed E-state index contributed by atoms with van der Waals surface area (Å²) in [6.07, 6.45) is 1.89. The SMILES string of the molecule is Fc1ccc(-n2cc3ccccc3n2)cc1Cl. The molecule has 3 rings (SSSR count). The van der Waals surface area contributed by atoms with E-state index in [9.17, 15) is 4.39 Å². The van der Waals surface area contributed by atoms with Crippen LogP contribution in [0.4, 0.5) is 4.39 Å². The Morgan fingerprint density at radius 3 is 2.71 bits per heavy atom. The van der Waals surface area contributed by atoms with Crippen LogP contribution in [0.2, 0.25) is 5.02 Å². The van der Waals surface area contributed by atoms with Crippen LogP contribution in [0.25, 0.3) is 16.6 Å². The van der Waals surface area contributed by atoms with Crippen molar-refractivity contribution in [2.75, 3.05) is 0 Å². The third-order valence-electron chi connectivity index (χ3n) is 2.58. The van der Waals surface area contributed by atoms with E-state index in [1.807, 2.05) is 30.5 Å². The van der Waals surface area contributed by atoms with Crippen molar-refractivity contribution in [2.24, 2.45) is 0 Å². The lowest BCUT2D eigenvalue weighted by molar-refractivity contribution is 0.627. The van der Waals surface area contributed by atoms with E-state index >= 15 is 0 Å². The van der Waals surface area contributed by atoms with Crippen LogP contribution in [0.5, 0.6) is 0 Å². The minimum Gasteiger partial charge on any atom is -0.240 e. The summed E-state index contributed by atoms with van der Waals surface area (Å²) in [4.78, 5) is 0. The third kappa shape index (κ3) is 1.78. The monoisotopic (exact) mass is 246 g/mol. The van der Waals surface area contributed by atoms with E-state index in [0.29, 0.717) is 0 Å². The standard InChI is InChI=1S/C13H8ClFN2/c14-11-7-10(5-6-12(11)15)17-8-9-3-1-2-4-13(9)16-17/h1-8H. The fraction of sp³-hybridized carbons (Fsp3) is 0. The lowest BCUT2D eigenvalue weighted by Gasteiger charge is -2.01. The van der Waals surface area contributed by atoms with Gasteiger partial charge in [-0.05, 0) is 24.3 Å². The number of aromatic nitrogens is 2. The van der Waals surface area contributed by atoms with Crippen LogP contribution in [0.1, 0.15) is 0 Å². The van der Waals surface area contributed by atoms with Crippen molar-refractivity contribution in [1.82, 2.24) is 9.78 Å². The summed E-state index contributed by atoms with van der Waals surface area (Å²) < 4.78 is 14.7. The predicted molar refractivity (Wildman–Crippen MR) is 66.0 cm³/mol. The van der Waals surface area contributed by atoms with Gasteiger partial charge in [-0.3, -0.25) is 0 Å². The quantitative estimate of drug-likeness (QED) is 0.638. The van der Waals surface area contributed by atoms with Gasteiger partial charge in [0.25, 0.3) is 0 Å². The van der Waals surface area contributed by atoms with Crippen molar-refractivity contribution in [3.63, 3.8) is 0 Å². The highest BCUT2D eigenvalue weighted by Crippen LogP contribution is 2.20. The number of hydrogen-bond donors (Lipinski definition) is 0.